The highest BCUT2D eigenvalue weighted by atomic mass is 16.2. The van der Waals surface area contributed by atoms with Gasteiger partial charge in [-0.3, -0.25) is 9.69 Å². The number of rotatable bonds is 7. The Labute approximate surface area is 134 Å². The third-order valence-electron chi connectivity index (χ3n) is 4.08. The minimum absolute atomic E-state index is 0.0633. The summed E-state index contributed by atoms with van der Waals surface area (Å²) < 4.78 is 0. The average Bonchev–Trinajstić information content (AvgIpc) is 2.47. The molecule has 120 valence electrons. The van der Waals surface area contributed by atoms with Crippen molar-refractivity contribution >= 4 is 5.91 Å². The Morgan fingerprint density at radius 3 is 2.32 bits per heavy atom. The minimum atomic E-state index is -0.819. The second-order valence-electron chi connectivity index (χ2n) is 6.36. The van der Waals surface area contributed by atoms with Crippen molar-refractivity contribution in [2.24, 2.45) is 5.92 Å². The molecule has 1 aromatic rings. The van der Waals surface area contributed by atoms with E-state index in [1.807, 2.05) is 25.8 Å². The highest BCUT2D eigenvalue weighted by Crippen LogP contribution is 2.15. The largest absolute Gasteiger partial charge is 0.337 e. The molecule has 0 aliphatic heterocycles. The number of nitrogens with zero attached hydrogens (tertiary/aromatic N) is 2. The molecule has 0 radical (unpaired) electrons. The topological polar surface area (TPSA) is 56.1 Å². The number of aryl methyl sites for hydroxylation is 1. The Morgan fingerprint density at radius 1 is 1.32 bits per heavy atom. The molecule has 1 amide bonds. The van der Waals surface area contributed by atoms with E-state index < -0.39 is 5.54 Å². The fourth-order valence-corrected chi connectivity index (χ4v) is 2.12. The van der Waals surface area contributed by atoms with Gasteiger partial charge in [-0.2, -0.15) is 5.26 Å². The lowest BCUT2D eigenvalue weighted by Crippen LogP contribution is -2.51. The Morgan fingerprint density at radius 2 is 1.86 bits per heavy atom. The number of nitrogens with one attached hydrogen (secondary N) is 1. The Hall–Kier alpha value is -1.86. The normalized spacial score (nSPS) is 13.7. The lowest BCUT2D eigenvalue weighted by molar-refractivity contribution is -0.123. The second kappa shape index (κ2) is 7.95. The molecule has 22 heavy (non-hydrogen) atoms. The molecule has 0 aliphatic carbocycles. The lowest BCUT2D eigenvalue weighted by Gasteiger charge is -2.28. The van der Waals surface area contributed by atoms with E-state index in [0.717, 1.165) is 6.42 Å². The van der Waals surface area contributed by atoms with Crippen LogP contribution in [-0.4, -0.2) is 29.9 Å². The summed E-state index contributed by atoms with van der Waals surface area (Å²) in [6.07, 6.45) is 1.03. The molecular weight excluding hydrogens is 274 g/mol. The highest BCUT2D eigenvalue weighted by molar-refractivity contribution is 5.79. The molecule has 0 aliphatic rings. The van der Waals surface area contributed by atoms with E-state index in [1.54, 1.807) is 6.92 Å². The van der Waals surface area contributed by atoms with Gasteiger partial charge in [0, 0.05) is 6.54 Å². The molecule has 0 spiro atoms. The number of hydrogen-bond acceptors (Lipinski definition) is 3. The molecule has 1 atom stereocenters. The molecule has 4 heteroatoms. The van der Waals surface area contributed by atoms with Gasteiger partial charge in [0.2, 0.25) is 5.91 Å². The van der Waals surface area contributed by atoms with Crippen molar-refractivity contribution in [1.82, 2.24) is 10.2 Å². The maximum absolute atomic E-state index is 12.1. The van der Waals surface area contributed by atoms with E-state index in [-0.39, 0.29) is 18.4 Å². The second-order valence-corrected chi connectivity index (χ2v) is 6.36. The Bertz CT molecular complexity index is 530. The summed E-state index contributed by atoms with van der Waals surface area (Å²) in [5.74, 6) is -0.0567. The maximum atomic E-state index is 12.1. The summed E-state index contributed by atoms with van der Waals surface area (Å²) in [5, 5.41) is 12.1. The zero-order chi connectivity index (χ0) is 16.8. The van der Waals surface area contributed by atoms with Crippen molar-refractivity contribution in [2.75, 3.05) is 13.6 Å². The fourth-order valence-electron chi connectivity index (χ4n) is 2.12. The number of nitriles is 1. The van der Waals surface area contributed by atoms with Gasteiger partial charge in [-0.1, -0.05) is 45.0 Å². The molecule has 0 bridgehead atoms. The van der Waals surface area contributed by atoms with Crippen LogP contribution in [0.2, 0.25) is 0 Å². The van der Waals surface area contributed by atoms with E-state index >= 15 is 0 Å². The number of likely N-dealkylation sites (N-methyl/N-ethyl adjacent to an activating group) is 1. The molecule has 1 aromatic carbocycles. The Kier molecular flexibility index (Phi) is 6.58. The SMILES string of the molecule is CCc1ccc(CN(C)CC(=O)N[C@@](C)(C#N)C(C)C)cc1. The predicted octanol–water partition coefficient (Wildman–Crippen LogP) is 2.74. The van der Waals surface area contributed by atoms with Crippen molar-refractivity contribution in [3.63, 3.8) is 0 Å². The van der Waals surface area contributed by atoms with Crippen LogP contribution in [0.5, 0.6) is 0 Å². The molecule has 0 unspecified atom stereocenters. The van der Waals surface area contributed by atoms with Gasteiger partial charge in [-0.05, 0) is 37.4 Å². The first-order valence-electron chi connectivity index (χ1n) is 7.79. The van der Waals surface area contributed by atoms with Gasteiger partial charge in [0.05, 0.1) is 12.6 Å². The van der Waals surface area contributed by atoms with Crippen LogP contribution in [0.3, 0.4) is 0 Å². The lowest BCUT2D eigenvalue weighted by atomic mass is 9.90. The number of carbonyl (C=O) groups excluding carboxylic acids is 1. The third kappa shape index (κ3) is 5.16. The van der Waals surface area contributed by atoms with E-state index in [9.17, 15) is 10.1 Å². The molecule has 0 aromatic heterocycles. The van der Waals surface area contributed by atoms with E-state index in [2.05, 4.69) is 42.6 Å². The number of benzene rings is 1. The van der Waals surface area contributed by atoms with Crippen molar-refractivity contribution < 1.29 is 4.79 Å². The van der Waals surface area contributed by atoms with Crippen LogP contribution in [0.4, 0.5) is 0 Å². The molecule has 4 nitrogen and oxygen atoms in total. The first kappa shape index (κ1) is 18.2. The quantitative estimate of drug-likeness (QED) is 0.842. The van der Waals surface area contributed by atoms with Crippen molar-refractivity contribution in [2.45, 2.75) is 46.2 Å². The summed E-state index contributed by atoms with van der Waals surface area (Å²) in [4.78, 5) is 14.1. The van der Waals surface area contributed by atoms with Crippen LogP contribution in [0.25, 0.3) is 0 Å². The van der Waals surface area contributed by atoms with Gasteiger partial charge in [0.1, 0.15) is 5.54 Å². The average molecular weight is 301 g/mol. The van der Waals surface area contributed by atoms with Crippen LogP contribution in [0.1, 0.15) is 38.8 Å². The summed E-state index contributed by atoms with van der Waals surface area (Å²) in [7, 11) is 1.91. The minimum Gasteiger partial charge on any atom is -0.337 e. The van der Waals surface area contributed by atoms with Crippen molar-refractivity contribution in [1.29, 1.82) is 5.26 Å². The predicted molar refractivity (Wildman–Crippen MR) is 89.2 cm³/mol. The van der Waals surface area contributed by atoms with E-state index in [1.165, 1.54) is 11.1 Å². The Balaban J connectivity index is 2.55. The van der Waals surface area contributed by atoms with Gasteiger partial charge in [0.15, 0.2) is 0 Å². The van der Waals surface area contributed by atoms with E-state index in [0.29, 0.717) is 6.54 Å². The van der Waals surface area contributed by atoms with Crippen LogP contribution in [0.15, 0.2) is 24.3 Å². The maximum Gasteiger partial charge on any atom is 0.235 e. The first-order valence-corrected chi connectivity index (χ1v) is 7.79. The van der Waals surface area contributed by atoms with Crippen LogP contribution < -0.4 is 5.32 Å². The molecule has 1 rings (SSSR count). The van der Waals surface area contributed by atoms with Crippen LogP contribution in [0, 0.1) is 17.2 Å². The van der Waals surface area contributed by atoms with Gasteiger partial charge in [-0.25, -0.2) is 0 Å². The molecule has 0 saturated heterocycles. The smallest absolute Gasteiger partial charge is 0.235 e. The number of carbonyl (C=O) groups is 1. The molecule has 1 N–H and O–H groups in total. The molecule has 0 saturated carbocycles. The summed E-state index contributed by atoms with van der Waals surface area (Å²) in [6, 6.07) is 10.6. The summed E-state index contributed by atoms with van der Waals surface area (Å²) >= 11 is 0. The van der Waals surface area contributed by atoms with Gasteiger partial charge in [-0.15, -0.1) is 0 Å². The standard InChI is InChI=1S/C18H27N3O/c1-6-15-7-9-16(10-8-15)11-21(5)12-17(22)20-18(4,13-19)14(2)3/h7-10,14H,6,11-12H2,1-5H3,(H,20,22)/t18-/m0/s1. The van der Waals surface area contributed by atoms with Crippen molar-refractivity contribution in [3.05, 3.63) is 35.4 Å². The van der Waals surface area contributed by atoms with Crippen molar-refractivity contribution in [3.8, 4) is 6.07 Å². The van der Waals surface area contributed by atoms with Crippen LogP contribution >= 0.6 is 0 Å². The number of amides is 1. The highest BCUT2D eigenvalue weighted by Gasteiger charge is 2.30. The van der Waals surface area contributed by atoms with E-state index in [4.69, 9.17) is 0 Å². The van der Waals surface area contributed by atoms with Gasteiger partial charge < -0.3 is 5.32 Å². The summed E-state index contributed by atoms with van der Waals surface area (Å²) in [5.41, 5.74) is 1.67. The fraction of sp³-hybridized carbons (Fsp3) is 0.556. The molecule has 0 fully saturated rings. The molecule has 0 heterocycles. The third-order valence-corrected chi connectivity index (χ3v) is 4.08. The monoisotopic (exact) mass is 301 g/mol. The van der Waals surface area contributed by atoms with Gasteiger partial charge >= 0.3 is 0 Å². The zero-order valence-corrected chi connectivity index (χ0v) is 14.3. The summed E-state index contributed by atoms with van der Waals surface area (Å²) in [6.45, 7) is 8.75. The van der Waals surface area contributed by atoms with Gasteiger partial charge in [0.25, 0.3) is 0 Å². The number of hydrogen-bond donors (Lipinski definition) is 1. The van der Waals surface area contributed by atoms with Crippen LogP contribution in [-0.2, 0) is 17.8 Å². The first-order chi connectivity index (χ1) is 10.3. The zero-order valence-electron chi connectivity index (χ0n) is 14.3. The molecular formula is C18H27N3O.